The molecule has 116 valence electrons. The van der Waals surface area contributed by atoms with Gasteiger partial charge in [0, 0.05) is 11.5 Å². The molecule has 1 aromatic rings. The highest BCUT2D eigenvalue weighted by Gasteiger charge is 2.26. The van der Waals surface area contributed by atoms with E-state index < -0.39 is 0 Å². The smallest absolute Gasteiger partial charge is 0.261 e. The monoisotopic (exact) mass is 307 g/mol. The zero-order chi connectivity index (χ0) is 14.8. The van der Waals surface area contributed by atoms with Crippen LogP contribution in [-0.2, 0) is 17.6 Å². The minimum atomic E-state index is 0.0745. The third-order valence-corrected chi connectivity index (χ3v) is 6.10. The molecular formula is C17H25NO2S. The van der Waals surface area contributed by atoms with Gasteiger partial charge in [-0.15, -0.1) is 11.3 Å². The Balaban J connectivity index is 1.64. The van der Waals surface area contributed by atoms with Crippen molar-refractivity contribution in [2.75, 3.05) is 6.61 Å². The van der Waals surface area contributed by atoms with E-state index in [1.807, 2.05) is 0 Å². The summed E-state index contributed by atoms with van der Waals surface area (Å²) in [4.78, 5) is 14.7. The van der Waals surface area contributed by atoms with Crippen molar-refractivity contribution in [2.24, 2.45) is 5.92 Å². The van der Waals surface area contributed by atoms with Crippen LogP contribution < -0.4 is 5.32 Å². The molecule has 4 heteroatoms. The highest BCUT2D eigenvalue weighted by molar-refractivity contribution is 7.14. The second-order valence-corrected chi connectivity index (χ2v) is 7.53. The van der Waals surface area contributed by atoms with E-state index in [1.54, 1.807) is 11.3 Å². The van der Waals surface area contributed by atoms with Crippen LogP contribution in [0.2, 0.25) is 0 Å². The van der Waals surface area contributed by atoms with Crippen LogP contribution in [0.25, 0.3) is 0 Å². The van der Waals surface area contributed by atoms with Gasteiger partial charge in [0.1, 0.15) is 0 Å². The van der Waals surface area contributed by atoms with Gasteiger partial charge in [-0.2, -0.15) is 0 Å². The number of thiophene rings is 1. The van der Waals surface area contributed by atoms with Crippen molar-refractivity contribution in [1.29, 1.82) is 0 Å². The summed E-state index contributed by atoms with van der Waals surface area (Å²) in [5.74, 6) is 0.874. The van der Waals surface area contributed by atoms with E-state index in [2.05, 4.69) is 25.2 Å². The Labute approximate surface area is 131 Å². The number of rotatable bonds is 4. The molecule has 0 radical (unpaired) electrons. The molecule has 1 aliphatic heterocycles. The summed E-state index contributed by atoms with van der Waals surface area (Å²) >= 11 is 1.69. The summed E-state index contributed by atoms with van der Waals surface area (Å²) in [7, 11) is 0. The molecule has 2 heterocycles. The number of hydrogen-bond donors (Lipinski definition) is 1. The third kappa shape index (κ3) is 3.32. The lowest BCUT2D eigenvalue weighted by atomic mass is 9.87. The van der Waals surface area contributed by atoms with Gasteiger partial charge in [-0.25, -0.2) is 0 Å². The Morgan fingerprint density at radius 3 is 3.10 bits per heavy atom. The number of carbonyl (C=O) groups is 1. The third-order valence-electron chi connectivity index (χ3n) is 4.87. The van der Waals surface area contributed by atoms with Crippen LogP contribution in [0.5, 0.6) is 0 Å². The summed E-state index contributed by atoms with van der Waals surface area (Å²) in [6.07, 6.45) is 7.17. The molecule has 3 rings (SSSR count). The summed E-state index contributed by atoms with van der Waals surface area (Å²) in [6.45, 7) is 5.14. The lowest BCUT2D eigenvalue weighted by molar-refractivity contribution is 0.0714. The fourth-order valence-electron chi connectivity index (χ4n) is 3.43. The zero-order valence-corrected chi connectivity index (χ0v) is 13.8. The molecular weight excluding hydrogens is 282 g/mol. The van der Waals surface area contributed by atoms with Gasteiger partial charge in [0.25, 0.3) is 5.91 Å². The van der Waals surface area contributed by atoms with Gasteiger partial charge < -0.3 is 10.1 Å². The molecule has 1 saturated heterocycles. The number of ether oxygens (including phenoxy) is 1. The standard InChI is InChI=1S/C17H25NO2S/c1-3-12-6-7-15-13(9-12)10-16(21-15)17(19)18-11(2)14-5-4-8-20-14/h10-12,14H,3-9H2,1-2H3,(H,18,19)/t11-,12+,14-/m0/s1. The van der Waals surface area contributed by atoms with Gasteiger partial charge in [-0.1, -0.05) is 13.3 Å². The van der Waals surface area contributed by atoms with Gasteiger partial charge in [-0.05, 0) is 56.6 Å². The van der Waals surface area contributed by atoms with E-state index >= 15 is 0 Å². The van der Waals surface area contributed by atoms with Crippen LogP contribution in [0, 0.1) is 5.92 Å². The van der Waals surface area contributed by atoms with Gasteiger partial charge in [0.15, 0.2) is 0 Å². The predicted octanol–water partition coefficient (Wildman–Crippen LogP) is 3.56. The van der Waals surface area contributed by atoms with Crippen molar-refractivity contribution in [3.63, 3.8) is 0 Å². The lowest BCUT2D eigenvalue weighted by Crippen LogP contribution is -2.40. The maximum atomic E-state index is 12.4. The normalized spacial score (nSPS) is 26.4. The number of hydrogen-bond acceptors (Lipinski definition) is 3. The van der Waals surface area contributed by atoms with E-state index in [1.165, 1.54) is 23.3 Å². The number of aryl methyl sites for hydroxylation is 1. The summed E-state index contributed by atoms with van der Waals surface area (Å²) in [6, 6.07) is 2.22. The van der Waals surface area contributed by atoms with Crippen LogP contribution in [0.15, 0.2) is 6.07 Å². The van der Waals surface area contributed by atoms with Gasteiger partial charge >= 0.3 is 0 Å². The van der Waals surface area contributed by atoms with Crippen LogP contribution in [0.3, 0.4) is 0 Å². The number of nitrogens with one attached hydrogen (secondary N) is 1. The van der Waals surface area contributed by atoms with Gasteiger partial charge in [0.2, 0.25) is 0 Å². The first-order valence-corrected chi connectivity index (χ1v) is 9.03. The van der Waals surface area contributed by atoms with Gasteiger partial charge in [-0.3, -0.25) is 4.79 Å². The number of fused-ring (bicyclic) bond motifs is 1. The lowest BCUT2D eigenvalue weighted by Gasteiger charge is -2.19. The Hall–Kier alpha value is -0.870. The average molecular weight is 307 g/mol. The molecule has 21 heavy (non-hydrogen) atoms. The second-order valence-electron chi connectivity index (χ2n) is 6.39. The van der Waals surface area contributed by atoms with Crippen LogP contribution in [0.4, 0.5) is 0 Å². The molecule has 1 aliphatic carbocycles. The van der Waals surface area contributed by atoms with E-state index in [9.17, 15) is 4.79 Å². The Kier molecular flexibility index (Phi) is 4.65. The number of amides is 1. The minimum Gasteiger partial charge on any atom is -0.376 e. The van der Waals surface area contributed by atoms with Crippen LogP contribution in [0.1, 0.15) is 59.6 Å². The Morgan fingerprint density at radius 2 is 2.38 bits per heavy atom. The van der Waals surface area contributed by atoms with Crippen molar-refractivity contribution in [3.8, 4) is 0 Å². The molecule has 0 aromatic carbocycles. The van der Waals surface area contributed by atoms with Crippen LogP contribution >= 0.6 is 11.3 Å². The van der Waals surface area contributed by atoms with Crippen molar-refractivity contribution >= 4 is 17.2 Å². The molecule has 0 saturated carbocycles. The topological polar surface area (TPSA) is 38.3 Å². The quantitative estimate of drug-likeness (QED) is 0.923. The SMILES string of the molecule is CC[C@@H]1CCc2sc(C(=O)N[C@@H](C)[C@@H]3CCCO3)cc2C1. The first kappa shape index (κ1) is 15.0. The minimum absolute atomic E-state index is 0.0745. The fourth-order valence-corrected chi connectivity index (χ4v) is 4.54. The largest absolute Gasteiger partial charge is 0.376 e. The van der Waals surface area contributed by atoms with E-state index in [0.29, 0.717) is 0 Å². The summed E-state index contributed by atoms with van der Waals surface area (Å²) in [5, 5.41) is 3.12. The first-order chi connectivity index (χ1) is 10.2. The molecule has 1 fully saturated rings. The fraction of sp³-hybridized carbons (Fsp3) is 0.706. The molecule has 0 spiro atoms. The highest BCUT2D eigenvalue weighted by Crippen LogP contribution is 2.33. The van der Waals surface area contributed by atoms with E-state index in [-0.39, 0.29) is 18.1 Å². The molecule has 3 atom stereocenters. The molecule has 0 bridgehead atoms. The van der Waals surface area contributed by atoms with E-state index in [0.717, 1.165) is 43.1 Å². The Bertz CT molecular complexity index is 505. The molecule has 3 nitrogen and oxygen atoms in total. The molecule has 2 aliphatic rings. The maximum absolute atomic E-state index is 12.4. The zero-order valence-electron chi connectivity index (χ0n) is 13.0. The number of carbonyl (C=O) groups excluding carboxylic acids is 1. The Morgan fingerprint density at radius 1 is 1.52 bits per heavy atom. The second kappa shape index (κ2) is 6.49. The first-order valence-electron chi connectivity index (χ1n) is 8.21. The van der Waals surface area contributed by atoms with Crippen LogP contribution in [-0.4, -0.2) is 24.7 Å². The van der Waals surface area contributed by atoms with E-state index in [4.69, 9.17) is 4.74 Å². The maximum Gasteiger partial charge on any atom is 0.261 e. The van der Waals surface area contributed by atoms with Crippen molar-refractivity contribution in [3.05, 3.63) is 21.4 Å². The van der Waals surface area contributed by atoms with Crippen molar-refractivity contribution in [1.82, 2.24) is 5.32 Å². The van der Waals surface area contributed by atoms with Crippen molar-refractivity contribution in [2.45, 2.75) is 64.5 Å². The molecule has 0 unspecified atom stereocenters. The molecule has 1 aromatic heterocycles. The predicted molar refractivity (Wildman–Crippen MR) is 86.0 cm³/mol. The van der Waals surface area contributed by atoms with Gasteiger partial charge in [0.05, 0.1) is 17.0 Å². The summed E-state index contributed by atoms with van der Waals surface area (Å²) in [5.41, 5.74) is 1.41. The highest BCUT2D eigenvalue weighted by atomic mass is 32.1. The molecule has 1 amide bonds. The summed E-state index contributed by atoms with van der Waals surface area (Å²) < 4.78 is 5.65. The van der Waals surface area contributed by atoms with Crippen molar-refractivity contribution < 1.29 is 9.53 Å². The average Bonchev–Trinajstić information content (AvgIpc) is 3.15. The molecule has 1 N–H and O–H groups in total.